The van der Waals surface area contributed by atoms with Gasteiger partial charge >= 0.3 is 0 Å². The highest BCUT2D eigenvalue weighted by molar-refractivity contribution is 6.24. The molecule has 1 aliphatic heterocycles. The molecule has 0 saturated carbocycles. The summed E-state index contributed by atoms with van der Waals surface area (Å²) in [5, 5.41) is 13.0. The van der Waals surface area contributed by atoms with Gasteiger partial charge in [-0.05, 0) is 17.2 Å². The number of carbonyl (C=O) groups excluding carboxylic acids is 1. The zero-order valence-electron chi connectivity index (χ0n) is 10.7. The lowest BCUT2D eigenvalue weighted by atomic mass is 10.1. The van der Waals surface area contributed by atoms with Crippen molar-refractivity contribution in [2.75, 3.05) is 0 Å². The standard InChI is InChI=1S/C17H13NO2/c19-16-14(11-12-7-3-1-4-8-12)18-17(20)15(16)13-9-5-2-6-10-13/h1-11,19H,(H,18,20)/b14-11-. The van der Waals surface area contributed by atoms with E-state index in [1.807, 2.05) is 48.5 Å². The lowest BCUT2D eigenvalue weighted by Crippen LogP contribution is -2.15. The van der Waals surface area contributed by atoms with Crippen molar-refractivity contribution in [3.05, 3.63) is 83.2 Å². The SMILES string of the molecule is O=C1N/C(=C\c2ccccc2)C(O)=C1c1ccccc1. The fourth-order valence-corrected chi connectivity index (χ4v) is 2.18. The quantitative estimate of drug-likeness (QED) is 0.874. The molecule has 3 heteroatoms. The molecule has 0 fully saturated rings. The van der Waals surface area contributed by atoms with E-state index in [-0.39, 0.29) is 11.7 Å². The van der Waals surface area contributed by atoms with Crippen LogP contribution in [-0.2, 0) is 4.79 Å². The Bertz CT molecular complexity index is 700. The van der Waals surface area contributed by atoms with Gasteiger partial charge in [-0.2, -0.15) is 0 Å². The van der Waals surface area contributed by atoms with Crippen molar-refractivity contribution in [1.29, 1.82) is 0 Å². The van der Waals surface area contributed by atoms with E-state index in [2.05, 4.69) is 5.32 Å². The van der Waals surface area contributed by atoms with Gasteiger partial charge in [0.05, 0.1) is 11.3 Å². The summed E-state index contributed by atoms with van der Waals surface area (Å²) in [4.78, 5) is 12.0. The average Bonchev–Trinajstić information content (AvgIpc) is 2.75. The summed E-state index contributed by atoms with van der Waals surface area (Å²) in [6.45, 7) is 0. The maximum absolute atomic E-state index is 12.0. The van der Waals surface area contributed by atoms with Gasteiger partial charge < -0.3 is 10.4 Å². The predicted molar refractivity (Wildman–Crippen MR) is 78.6 cm³/mol. The number of aliphatic hydroxyl groups is 1. The summed E-state index contributed by atoms with van der Waals surface area (Å²) >= 11 is 0. The molecule has 3 nitrogen and oxygen atoms in total. The number of carbonyl (C=O) groups is 1. The minimum atomic E-state index is -0.282. The largest absolute Gasteiger partial charge is 0.505 e. The number of hydrogen-bond donors (Lipinski definition) is 2. The third kappa shape index (κ3) is 2.21. The summed E-state index contributed by atoms with van der Waals surface area (Å²) in [7, 11) is 0. The van der Waals surface area contributed by atoms with Crippen molar-refractivity contribution in [1.82, 2.24) is 5.32 Å². The molecule has 0 bridgehead atoms. The van der Waals surface area contributed by atoms with Crippen molar-refractivity contribution in [2.45, 2.75) is 0 Å². The number of hydrogen-bond acceptors (Lipinski definition) is 2. The van der Waals surface area contributed by atoms with Gasteiger partial charge in [0.15, 0.2) is 5.76 Å². The average molecular weight is 263 g/mol. The molecule has 2 aromatic rings. The summed E-state index contributed by atoms with van der Waals surface area (Å²) in [5.74, 6) is -0.291. The van der Waals surface area contributed by atoms with E-state index in [0.29, 0.717) is 16.8 Å². The van der Waals surface area contributed by atoms with Crippen LogP contribution in [0, 0.1) is 0 Å². The number of rotatable bonds is 2. The van der Waals surface area contributed by atoms with Crippen LogP contribution in [0.15, 0.2) is 72.1 Å². The van der Waals surface area contributed by atoms with Crippen LogP contribution < -0.4 is 5.32 Å². The predicted octanol–water partition coefficient (Wildman–Crippen LogP) is 3.13. The number of benzene rings is 2. The molecular weight excluding hydrogens is 250 g/mol. The second-order valence-corrected chi connectivity index (χ2v) is 4.51. The highest BCUT2D eigenvalue weighted by atomic mass is 16.3. The van der Waals surface area contributed by atoms with E-state index in [1.165, 1.54) is 0 Å². The fraction of sp³-hybridized carbons (Fsp3) is 0. The first-order chi connectivity index (χ1) is 9.75. The Morgan fingerprint density at radius 1 is 0.900 bits per heavy atom. The smallest absolute Gasteiger partial charge is 0.260 e. The Morgan fingerprint density at radius 2 is 1.50 bits per heavy atom. The van der Waals surface area contributed by atoms with Gasteiger partial charge in [0.2, 0.25) is 0 Å². The Labute approximate surface area is 116 Å². The topological polar surface area (TPSA) is 49.3 Å². The van der Waals surface area contributed by atoms with Crippen LogP contribution in [0.4, 0.5) is 0 Å². The number of nitrogens with one attached hydrogen (secondary N) is 1. The highest BCUT2D eigenvalue weighted by Gasteiger charge is 2.27. The van der Waals surface area contributed by atoms with Crippen molar-refractivity contribution >= 4 is 17.6 Å². The van der Waals surface area contributed by atoms with Gasteiger partial charge in [0.1, 0.15) is 0 Å². The van der Waals surface area contributed by atoms with E-state index >= 15 is 0 Å². The summed E-state index contributed by atoms with van der Waals surface area (Å²) in [6, 6.07) is 18.7. The lowest BCUT2D eigenvalue weighted by Gasteiger charge is -1.99. The third-order valence-electron chi connectivity index (χ3n) is 3.14. The molecule has 0 spiro atoms. The van der Waals surface area contributed by atoms with Crippen molar-refractivity contribution in [2.24, 2.45) is 0 Å². The Kier molecular flexibility index (Phi) is 3.09. The first kappa shape index (κ1) is 12.2. The molecule has 1 heterocycles. The maximum Gasteiger partial charge on any atom is 0.260 e. The monoisotopic (exact) mass is 263 g/mol. The Morgan fingerprint density at radius 3 is 2.15 bits per heavy atom. The molecule has 1 amide bonds. The minimum Gasteiger partial charge on any atom is -0.505 e. The zero-order chi connectivity index (χ0) is 13.9. The molecule has 0 saturated heterocycles. The molecule has 2 aromatic carbocycles. The van der Waals surface area contributed by atoms with E-state index in [9.17, 15) is 9.90 Å². The van der Waals surface area contributed by atoms with E-state index in [0.717, 1.165) is 5.56 Å². The van der Waals surface area contributed by atoms with Crippen molar-refractivity contribution in [3.63, 3.8) is 0 Å². The van der Waals surface area contributed by atoms with Crippen LogP contribution in [0.5, 0.6) is 0 Å². The molecule has 0 aromatic heterocycles. The molecule has 98 valence electrons. The highest BCUT2D eigenvalue weighted by Crippen LogP contribution is 2.28. The molecule has 0 aliphatic carbocycles. The van der Waals surface area contributed by atoms with Gasteiger partial charge in [-0.25, -0.2) is 0 Å². The molecule has 1 aliphatic rings. The lowest BCUT2D eigenvalue weighted by molar-refractivity contribution is -0.114. The van der Waals surface area contributed by atoms with E-state index < -0.39 is 0 Å². The minimum absolute atomic E-state index is 0.00921. The number of amides is 1. The normalized spacial score (nSPS) is 16.6. The van der Waals surface area contributed by atoms with Crippen molar-refractivity contribution in [3.8, 4) is 0 Å². The van der Waals surface area contributed by atoms with Crippen LogP contribution in [0.3, 0.4) is 0 Å². The second kappa shape index (κ2) is 5.05. The van der Waals surface area contributed by atoms with E-state index in [4.69, 9.17) is 0 Å². The van der Waals surface area contributed by atoms with Gasteiger partial charge in [0.25, 0.3) is 5.91 Å². The molecular formula is C17H13NO2. The molecule has 2 N–H and O–H groups in total. The first-order valence-electron chi connectivity index (χ1n) is 6.33. The first-order valence-corrected chi connectivity index (χ1v) is 6.33. The molecule has 0 unspecified atom stereocenters. The fourth-order valence-electron chi connectivity index (χ4n) is 2.18. The van der Waals surface area contributed by atoms with Crippen LogP contribution in [-0.4, -0.2) is 11.0 Å². The van der Waals surface area contributed by atoms with Crippen LogP contribution in [0.2, 0.25) is 0 Å². The summed E-state index contributed by atoms with van der Waals surface area (Å²) < 4.78 is 0. The summed E-state index contributed by atoms with van der Waals surface area (Å²) in [6.07, 6.45) is 1.75. The van der Waals surface area contributed by atoms with Gasteiger partial charge in [-0.3, -0.25) is 4.79 Å². The van der Waals surface area contributed by atoms with Gasteiger partial charge in [0, 0.05) is 0 Å². The Balaban J connectivity index is 2.03. The molecule has 0 atom stereocenters. The van der Waals surface area contributed by atoms with Gasteiger partial charge in [-0.1, -0.05) is 60.7 Å². The van der Waals surface area contributed by atoms with Crippen LogP contribution in [0.25, 0.3) is 11.6 Å². The Hall–Kier alpha value is -2.81. The summed E-state index contributed by atoms with van der Waals surface area (Å²) in [5.41, 5.74) is 2.37. The number of aliphatic hydroxyl groups excluding tert-OH is 1. The third-order valence-corrected chi connectivity index (χ3v) is 3.14. The zero-order valence-corrected chi connectivity index (χ0v) is 10.7. The molecule has 20 heavy (non-hydrogen) atoms. The van der Waals surface area contributed by atoms with Crippen molar-refractivity contribution < 1.29 is 9.90 Å². The van der Waals surface area contributed by atoms with Gasteiger partial charge in [-0.15, -0.1) is 0 Å². The molecule has 0 radical (unpaired) electrons. The molecule has 3 rings (SSSR count). The van der Waals surface area contributed by atoms with Crippen LogP contribution >= 0.6 is 0 Å². The van der Waals surface area contributed by atoms with Crippen LogP contribution in [0.1, 0.15) is 11.1 Å². The maximum atomic E-state index is 12.0. The second-order valence-electron chi connectivity index (χ2n) is 4.51. The van der Waals surface area contributed by atoms with E-state index in [1.54, 1.807) is 18.2 Å².